The number of anilines is 1. The first-order valence-electron chi connectivity index (χ1n) is 5.58. The van der Waals surface area contributed by atoms with E-state index in [9.17, 15) is 4.79 Å². The maximum absolute atomic E-state index is 11.5. The fraction of sp³-hybridized carbons (Fsp3) is 0.462. The molecule has 0 unspecified atom stereocenters. The van der Waals surface area contributed by atoms with Crippen molar-refractivity contribution in [2.24, 2.45) is 0 Å². The van der Waals surface area contributed by atoms with Crippen molar-refractivity contribution in [3.8, 4) is 0 Å². The van der Waals surface area contributed by atoms with Crippen LogP contribution < -0.4 is 4.90 Å². The van der Waals surface area contributed by atoms with Gasteiger partial charge in [0.1, 0.15) is 5.78 Å². The maximum atomic E-state index is 11.5. The number of benzene rings is 1. The summed E-state index contributed by atoms with van der Waals surface area (Å²) in [6.07, 6.45) is 3.43. The molecule has 0 N–H and O–H groups in total. The molecule has 0 aromatic heterocycles. The van der Waals surface area contributed by atoms with Crippen LogP contribution in [-0.2, 0) is 11.2 Å². The van der Waals surface area contributed by atoms with Crippen molar-refractivity contribution in [2.75, 3.05) is 18.5 Å². The molecule has 0 fully saturated rings. The molecule has 1 aromatic carbocycles. The number of aryl methyl sites for hydroxylation is 1. The van der Waals surface area contributed by atoms with E-state index in [-0.39, 0.29) is 0 Å². The van der Waals surface area contributed by atoms with Gasteiger partial charge in [0, 0.05) is 32.1 Å². The van der Waals surface area contributed by atoms with Crippen LogP contribution in [0.15, 0.2) is 24.3 Å². The highest BCUT2D eigenvalue weighted by atomic mass is 16.1. The van der Waals surface area contributed by atoms with Gasteiger partial charge in [0.2, 0.25) is 0 Å². The summed E-state index contributed by atoms with van der Waals surface area (Å²) in [5.74, 6) is 0.398. The zero-order chi connectivity index (χ0) is 10.7. The van der Waals surface area contributed by atoms with Gasteiger partial charge in [-0.2, -0.15) is 0 Å². The van der Waals surface area contributed by atoms with E-state index in [0.29, 0.717) is 12.2 Å². The van der Waals surface area contributed by atoms with E-state index in [0.717, 1.165) is 25.8 Å². The molecule has 1 aliphatic heterocycles. The van der Waals surface area contributed by atoms with Crippen LogP contribution in [-0.4, -0.2) is 19.4 Å². The van der Waals surface area contributed by atoms with Gasteiger partial charge in [-0.25, -0.2) is 0 Å². The quantitative estimate of drug-likeness (QED) is 0.645. The second-order valence-corrected chi connectivity index (χ2v) is 4.19. The van der Waals surface area contributed by atoms with Crippen LogP contribution in [0.25, 0.3) is 0 Å². The van der Waals surface area contributed by atoms with Crippen molar-refractivity contribution in [3.63, 3.8) is 0 Å². The third kappa shape index (κ3) is 2.38. The predicted molar refractivity (Wildman–Crippen MR) is 62.3 cm³/mol. The minimum atomic E-state index is 0.398. The van der Waals surface area contributed by atoms with E-state index < -0.39 is 0 Å². The summed E-state index contributed by atoms with van der Waals surface area (Å²) in [6, 6.07) is 8.45. The Morgan fingerprint density at radius 2 is 1.93 bits per heavy atom. The SMILES string of the molecule is CN1CCC(=O)CCCc2ccccc21. The van der Waals surface area contributed by atoms with Crippen LogP contribution in [0.1, 0.15) is 24.8 Å². The highest BCUT2D eigenvalue weighted by Crippen LogP contribution is 2.22. The molecule has 2 rings (SSSR count). The summed E-state index contributed by atoms with van der Waals surface area (Å²) in [6.45, 7) is 0.843. The zero-order valence-electron chi connectivity index (χ0n) is 9.20. The average molecular weight is 203 g/mol. The minimum Gasteiger partial charge on any atom is -0.374 e. The number of hydrogen-bond donors (Lipinski definition) is 0. The van der Waals surface area contributed by atoms with Gasteiger partial charge >= 0.3 is 0 Å². The van der Waals surface area contributed by atoms with Crippen molar-refractivity contribution in [3.05, 3.63) is 29.8 Å². The maximum Gasteiger partial charge on any atom is 0.134 e. The molecular weight excluding hydrogens is 186 g/mol. The summed E-state index contributed by atoms with van der Waals surface area (Å²) in [7, 11) is 2.07. The zero-order valence-corrected chi connectivity index (χ0v) is 9.20. The number of hydrogen-bond acceptors (Lipinski definition) is 2. The molecule has 1 aromatic rings. The number of para-hydroxylation sites is 1. The molecule has 0 amide bonds. The Balaban J connectivity index is 2.26. The first kappa shape index (κ1) is 10.2. The van der Waals surface area contributed by atoms with Crippen molar-refractivity contribution < 1.29 is 4.79 Å². The molecule has 0 radical (unpaired) electrons. The van der Waals surface area contributed by atoms with E-state index in [4.69, 9.17) is 0 Å². The van der Waals surface area contributed by atoms with Crippen LogP contribution in [0.4, 0.5) is 5.69 Å². The van der Waals surface area contributed by atoms with Crippen LogP contribution in [0, 0.1) is 0 Å². The fourth-order valence-corrected chi connectivity index (χ4v) is 2.11. The molecule has 0 saturated carbocycles. The second kappa shape index (κ2) is 4.47. The fourth-order valence-electron chi connectivity index (χ4n) is 2.11. The number of fused-ring (bicyclic) bond motifs is 1. The number of carbonyl (C=O) groups excluding carboxylic acids is 1. The molecule has 0 aliphatic carbocycles. The summed E-state index contributed by atoms with van der Waals surface area (Å²) in [5, 5.41) is 0. The second-order valence-electron chi connectivity index (χ2n) is 4.19. The largest absolute Gasteiger partial charge is 0.374 e. The average Bonchev–Trinajstić information content (AvgIpc) is 2.32. The number of ketones is 1. The van der Waals surface area contributed by atoms with Gasteiger partial charge in [0.25, 0.3) is 0 Å². The topological polar surface area (TPSA) is 20.3 Å². The molecule has 15 heavy (non-hydrogen) atoms. The Morgan fingerprint density at radius 3 is 2.80 bits per heavy atom. The van der Waals surface area contributed by atoms with Crippen molar-refractivity contribution in [1.82, 2.24) is 0 Å². The lowest BCUT2D eigenvalue weighted by atomic mass is 10.1. The van der Waals surface area contributed by atoms with Crippen molar-refractivity contribution >= 4 is 11.5 Å². The molecule has 0 bridgehead atoms. The van der Waals surface area contributed by atoms with E-state index in [1.807, 2.05) is 0 Å². The van der Waals surface area contributed by atoms with E-state index in [1.54, 1.807) is 0 Å². The van der Waals surface area contributed by atoms with E-state index >= 15 is 0 Å². The Labute approximate surface area is 90.9 Å². The smallest absolute Gasteiger partial charge is 0.134 e. The van der Waals surface area contributed by atoms with E-state index in [1.165, 1.54) is 11.3 Å². The Kier molecular flexibility index (Phi) is 3.05. The first-order chi connectivity index (χ1) is 7.27. The molecule has 0 atom stereocenters. The van der Waals surface area contributed by atoms with Crippen LogP contribution in [0.3, 0.4) is 0 Å². The van der Waals surface area contributed by atoms with Gasteiger partial charge in [0.15, 0.2) is 0 Å². The standard InChI is InChI=1S/C13H17NO/c1-14-10-9-12(15)7-4-6-11-5-2-3-8-13(11)14/h2-3,5,8H,4,6-7,9-10H2,1H3. The van der Waals surface area contributed by atoms with Crippen LogP contribution in [0.5, 0.6) is 0 Å². The molecule has 1 heterocycles. The summed E-state index contributed by atoms with van der Waals surface area (Å²) < 4.78 is 0. The molecule has 0 saturated heterocycles. The van der Waals surface area contributed by atoms with Gasteiger partial charge in [-0.1, -0.05) is 18.2 Å². The summed E-state index contributed by atoms with van der Waals surface area (Å²) in [5.41, 5.74) is 2.65. The van der Waals surface area contributed by atoms with Crippen molar-refractivity contribution in [1.29, 1.82) is 0 Å². The number of nitrogens with zero attached hydrogens (tertiary/aromatic N) is 1. The molecular formula is C13H17NO. The molecule has 1 aliphatic rings. The van der Waals surface area contributed by atoms with Gasteiger partial charge in [-0.15, -0.1) is 0 Å². The number of Topliss-reactive ketones (excluding diaryl/α,β-unsaturated/α-hetero) is 1. The highest BCUT2D eigenvalue weighted by Gasteiger charge is 2.12. The number of rotatable bonds is 0. The monoisotopic (exact) mass is 203 g/mol. The highest BCUT2D eigenvalue weighted by molar-refractivity contribution is 5.79. The Bertz CT molecular complexity index is 359. The lowest BCUT2D eigenvalue weighted by Crippen LogP contribution is -2.21. The summed E-state index contributed by atoms with van der Waals surface area (Å²) in [4.78, 5) is 13.7. The summed E-state index contributed by atoms with van der Waals surface area (Å²) >= 11 is 0. The van der Waals surface area contributed by atoms with Gasteiger partial charge < -0.3 is 4.90 Å². The predicted octanol–water partition coefficient (Wildman–Crippen LogP) is 2.42. The molecule has 2 heteroatoms. The first-order valence-corrected chi connectivity index (χ1v) is 5.58. The van der Waals surface area contributed by atoms with E-state index in [2.05, 4.69) is 36.2 Å². The molecule has 2 nitrogen and oxygen atoms in total. The number of carbonyl (C=O) groups is 1. The van der Waals surface area contributed by atoms with Gasteiger partial charge in [0.05, 0.1) is 0 Å². The third-order valence-corrected chi connectivity index (χ3v) is 3.03. The molecule has 0 spiro atoms. The lowest BCUT2D eigenvalue weighted by molar-refractivity contribution is -0.118. The minimum absolute atomic E-state index is 0.398. The Morgan fingerprint density at radius 1 is 1.13 bits per heavy atom. The molecule has 80 valence electrons. The van der Waals surface area contributed by atoms with Gasteiger partial charge in [-0.05, 0) is 24.5 Å². The normalized spacial score (nSPS) is 17.7. The van der Waals surface area contributed by atoms with Gasteiger partial charge in [-0.3, -0.25) is 4.79 Å². The lowest BCUT2D eigenvalue weighted by Gasteiger charge is -2.20. The third-order valence-electron chi connectivity index (χ3n) is 3.03. The van der Waals surface area contributed by atoms with Crippen molar-refractivity contribution in [2.45, 2.75) is 25.7 Å². The van der Waals surface area contributed by atoms with Crippen LogP contribution in [0.2, 0.25) is 0 Å². The Hall–Kier alpha value is -1.31. The van der Waals surface area contributed by atoms with Crippen LogP contribution >= 0.6 is 0 Å².